The van der Waals surface area contributed by atoms with E-state index in [4.69, 9.17) is 15.2 Å². The molecule has 0 aliphatic heterocycles. The number of carbonyl (C=O) groups is 3. The van der Waals surface area contributed by atoms with Crippen molar-refractivity contribution in [2.24, 2.45) is 5.73 Å². The number of benzene rings is 1. The zero-order chi connectivity index (χ0) is 21.4. The largest absolute Gasteiger partial charge is 0.460 e. The molecule has 1 heterocycles. The SMILES string of the molecule is COCCOC(=O)c1c(NC(=O)CNC(C)c2ccccc2)sc(C(N)=O)c1C. The maximum Gasteiger partial charge on any atom is 0.341 e. The molecule has 0 radical (unpaired) electrons. The Labute approximate surface area is 173 Å². The Kier molecular flexibility index (Phi) is 8.32. The number of rotatable bonds is 10. The average Bonchev–Trinajstić information content (AvgIpc) is 3.03. The molecule has 2 amide bonds. The smallest absolute Gasteiger partial charge is 0.341 e. The van der Waals surface area contributed by atoms with E-state index in [0.717, 1.165) is 16.9 Å². The normalized spacial score (nSPS) is 11.7. The first-order chi connectivity index (χ1) is 13.8. The Morgan fingerprint density at radius 2 is 1.86 bits per heavy atom. The van der Waals surface area contributed by atoms with E-state index >= 15 is 0 Å². The van der Waals surface area contributed by atoms with Gasteiger partial charge < -0.3 is 25.8 Å². The molecule has 1 unspecified atom stereocenters. The molecule has 29 heavy (non-hydrogen) atoms. The molecular weight excluding hydrogens is 394 g/mol. The molecule has 0 saturated carbocycles. The Morgan fingerprint density at radius 3 is 2.48 bits per heavy atom. The summed E-state index contributed by atoms with van der Waals surface area (Å²) in [6, 6.07) is 9.67. The Bertz CT molecular complexity index is 867. The van der Waals surface area contributed by atoms with Gasteiger partial charge in [0.25, 0.3) is 5.91 Å². The van der Waals surface area contributed by atoms with Crippen molar-refractivity contribution in [2.45, 2.75) is 19.9 Å². The van der Waals surface area contributed by atoms with Crippen molar-refractivity contribution in [3.05, 3.63) is 51.9 Å². The van der Waals surface area contributed by atoms with E-state index in [9.17, 15) is 14.4 Å². The average molecular weight is 420 g/mol. The minimum absolute atomic E-state index is 0.0249. The third-order valence-corrected chi connectivity index (χ3v) is 5.44. The molecule has 0 aliphatic rings. The predicted molar refractivity (Wildman–Crippen MR) is 111 cm³/mol. The Balaban J connectivity index is 2.09. The van der Waals surface area contributed by atoms with Crippen LogP contribution in [0.1, 0.15) is 44.1 Å². The number of carbonyl (C=O) groups excluding carboxylic acids is 3. The van der Waals surface area contributed by atoms with Crippen molar-refractivity contribution in [1.82, 2.24) is 5.32 Å². The van der Waals surface area contributed by atoms with Crippen LogP contribution in [0.2, 0.25) is 0 Å². The number of primary amides is 1. The van der Waals surface area contributed by atoms with Gasteiger partial charge in [-0.2, -0.15) is 0 Å². The number of nitrogens with two attached hydrogens (primary N) is 1. The lowest BCUT2D eigenvalue weighted by Crippen LogP contribution is -2.30. The fraction of sp³-hybridized carbons (Fsp3) is 0.350. The van der Waals surface area contributed by atoms with Crippen LogP contribution in [0.5, 0.6) is 0 Å². The summed E-state index contributed by atoms with van der Waals surface area (Å²) in [5.74, 6) is -1.67. The van der Waals surface area contributed by atoms with E-state index in [1.54, 1.807) is 6.92 Å². The summed E-state index contributed by atoms with van der Waals surface area (Å²) in [5, 5.41) is 6.04. The molecule has 2 rings (SSSR count). The number of thiophene rings is 1. The highest BCUT2D eigenvalue weighted by atomic mass is 32.1. The molecule has 156 valence electrons. The summed E-state index contributed by atoms with van der Waals surface area (Å²) in [6.45, 7) is 3.86. The lowest BCUT2D eigenvalue weighted by Gasteiger charge is -2.14. The van der Waals surface area contributed by atoms with Gasteiger partial charge in [0.05, 0.1) is 23.6 Å². The van der Waals surface area contributed by atoms with Crippen LogP contribution >= 0.6 is 11.3 Å². The number of amides is 2. The van der Waals surface area contributed by atoms with Crippen molar-refractivity contribution in [1.29, 1.82) is 0 Å². The minimum Gasteiger partial charge on any atom is -0.460 e. The molecular formula is C20H25N3O5S. The number of nitrogens with one attached hydrogen (secondary N) is 2. The summed E-state index contributed by atoms with van der Waals surface area (Å²) >= 11 is 0.954. The molecule has 8 nitrogen and oxygen atoms in total. The maximum absolute atomic E-state index is 12.4. The van der Waals surface area contributed by atoms with Crippen molar-refractivity contribution >= 4 is 34.1 Å². The van der Waals surface area contributed by atoms with Gasteiger partial charge in [-0.3, -0.25) is 9.59 Å². The van der Waals surface area contributed by atoms with Gasteiger partial charge in [0.1, 0.15) is 11.6 Å². The second-order valence-corrected chi connectivity index (χ2v) is 7.34. The van der Waals surface area contributed by atoms with Crippen LogP contribution in [0.3, 0.4) is 0 Å². The van der Waals surface area contributed by atoms with E-state index < -0.39 is 11.9 Å². The van der Waals surface area contributed by atoms with Crippen molar-refractivity contribution in [3.8, 4) is 0 Å². The van der Waals surface area contributed by atoms with Crippen LogP contribution in [-0.4, -0.2) is 44.7 Å². The van der Waals surface area contributed by atoms with E-state index in [2.05, 4.69) is 10.6 Å². The van der Waals surface area contributed by atoms with Crippen LogP contribution in [0.25, 0.3) is 0 Å². The van der Waals surface area contributed by atoms with E-state index in [1.165, 1.54) is 7.11 Å². The monoisotopic (exact) mass is 419 g/mol. The summed E-state index contributed by atoms with van der Waals surface area (Å²) in [5.41, 5.74) is 6.94. The first-order valence-corrected chi connectivity index (χ1v) is 9.84. The highest BCUT2D eigenvalue weighted by Crippen LogP contribution is 2.33. The summed E-state index contributed by atoms with van der Waals surface area (Å²) < 4.78 is 10.0. The quantitative estimate of drug-likeness (QED) is 0.401. The molecule has 0 bridgehead atoms. The number of hydrogen-bond donors (Lipinski definition) is 3. The van der Waals surface area contributed by atoms with E-state index in [1.807, 2.05) is 37.3 Å². The topological polar surface area (TPSA) is 120 Å². The third-order valence-electron chi connectivity index (χ3n) is 4.22. The van der Waals surface area contributed by atoms with Gasteiger partial charge in [0.15, 0.2) is 0 Å². The zero-order valence-corrected chi connectivity index (χ0v) is 17.4. The Hall–Kier alpha value is -2.75. The van der Waals surface area contributed by atoms with Gasteiger partial charge in [-0.1, -0.05) is 30.3 Å². The molecule has 0 fully saturated rings. The second kappa shape index (κ2) is 10.7. The maximum atomic E-state index is 12.4. The fourth-order valence-corrected chi connectivity index (χ4v) is 3.71. The molecule has 1 aromatic heterocycles. The molecule has 1 atom stereocenters. The second-order valence-electron chi connectivity index (χ2n) is 6.31. The van der Waals surface area contributed by atoms with Crippen LogP contribution in [-0.2, 0) is 14.3 Å². The lowest BCUT2D eigenvalue weighted by molar-refractivity contribution is -0.115. The molecule has 0 aliphatic carbocycles. The molecule has 4 N–H and O–H groups in total. The predicted octanol–water partition coefficient (Wildman–Crippen LogP) is 2.25. The summed E-state index contributed by atoms with van der Waals surface area (Å²) in [6.07, 6.45) is 0. The van der Waals surface area contributed by atoms with Gasteiger partial charge >= 0.3 is 5.97 Å². The molecule has 1 aromatic carbocycles. The molecule has 0 spiro atoms. The summed E-state index contributed by atoms with van der Waals surface area (Å²) in [4.78, 5) is 36.7. The number of ether oxygens (including phenoxy) is 2. The van der Waals surface area contributed by atoms with Gasteiger partial charge in [0, 0.05) is 13.2 Å². The fourth-order valence-electron chi connectivity index (χ4n) is 2.65. The lowest BCUT2D eigenvalue weighted by atomic mass is 10.1. The first-order valence-electron chi connectivity index (χ1n) is 9.02. The summed E-state index contributed by atoms with van der Waals surface area (Å²) in [7, 11) is 1.49. The van der Waals surface area contributed by atoms with E-state index in [-0.39, 0.29) is 47.1 Å². The van der Waals surface area contributed by atoms with Gasteiger partial charge in [-0.25, -0.2) is 4.79 Å². The van der Waals surface area contributed by atoms with E-state index in [0.29, 0.717) is 5.56 Å². The van der Waals surface area contributed by atoms with Crippen molar-refractivity contribution in [3.63, 3.8) is 0 Å². The zero-order valence-electron chi connectivity index (χ0n) is 16.6. The molecule has 0 saturated heterocycles. The van der Waals surface area contributed by atoms with Crippen LogP contribution in [0.15, 0.2) is 30.3 Å². The highest BCUT2D eigenvalue weighted by molar-refractivity contribution is 7.18. The van der Waals surface area contributed by atoms with Crippen molar-refractivity contribution < 1.29 is 23.9 Å². The van der Waals surface area contributed by atoms with Crippen molar-refractivity contribution in [2.75, 3.05) is 32.2 Å². The van der Waals surface area contributed by atoms with Gasteiger partial charge in [-0.05, 0) is 25.0 Å². The molecule has 9 heteroatoms. The Morgan fingerprint density at radius 1 is 1.17 bits per heavy atom. The number of hydrogen-bond acceptors (Lipinski definition) is 7. The highest BCUT2D eigenvalue weighted by Gasteiger charge is 2.25. The van der Waals surface area contributed by atoms with Gasteiger partial charge in [-0.15, -0.1) is 11.3 Å². The number of esters is 1. The van der Waals surface area contributed by atoms with Crippen LogP contribution in [0.4, 0.5) is 5.00 Å². The van der Waals surface area contributed by atoms with Crippen LogP contribution in [0, 0.1) is 6.92 Å². The minimum atomic E-state index is -0.672. The first kappa shape index (κ1) is 22.5. The third kappa shape index (κ3) is 6.11. The van der Waals surface area contributed by atoms with Crippen LogP contribution < -0.4 is 16.4 Å². The standard InChI is InChI=1S/C20H25N3O5S/c1-12-16(20(26)28-10-9-27-3)19(29-17(12)18(21)25)23-15(24)11-22-13(2)14-7-5-4-6-8-14/h4-8,13,22H,9-11H2,1-3H3,(H2,21,25)(H,23,24). The van der Waals surface area contributed by atoms with Gasteiger partial charge in [0.2, 0.25) is 5.91 Å². The number of methoxy groups -OCH3 is 1. The number of anilines is 1. The molecule has 2 aromatic rings.